The highest BCUT2D eigenvalue weighted by molar-refractivity contribution is 5.79. The van der Waals surface area contributed by atoms with Crippen LogP contribution in [0.15, 0.2) is 18.2 Å². The van der Waals surface area contributed by atoms with E-state index in [2.05, 4.69) is 0 Å². The largest absolute Gasteiger partial charge is 0.484 e. The van der Waals surface area contributed by atoms with Gasteiger partial charge in [-0.2, -0.15) is 4.39 Å². The standard InChI is InChI=1S/C15H17FN2O6/c1-9-2-3-10(15(20)21)7-17(9)14(19)8-24-11-4-5-13(18(22)23)12(16)6-11/h4-6,9-10H,2-3,7-8H2,1H3,(H,20,21). The van der Waals surface area contributed by atoms with Crippen LogP contribution in [-0.2, 0) is 9.59 Å². The molecular weight excluding hydrogens is 323 g/mol. The first kappa shape index (κ1) is 17.6. The third-order valence-corrected chi connectivity index (χ3v) is 4.03. The normalized spacial score (nSPS) is 20.5. The number of carbonyl (C=O) groups excluding carboxylic acids is 1. The number of rotatable bonds is 5. The van der Waals surface area contributed by atoms with E-state index in [-0.39, 0.29) is 18.3 Å². The van der Waals surface area contributed by atoms with Crippen LogP contribution in [0, 0.1) is 21.8 Å². The minimum Gasteiger partial charge on any atom is -0.484 e. The number of piperidine rings is 1. The molecule has 2 rings (SSSR count). The zero-order valence-electron chi connectivity index (χ0n) is 13.0. The van der Waals surface area contributed by atoms with E-state index < -0.39 is 40.8 Å². The molecule has 0 aromatic heterocycles. The predicted octanol–water partition coefficient (Wildman–Crippen LogP) is 1.82. The molecule has 1 aromatic carbocycles. The van der Waals surface area contributed by atoms with Gasteiger partial charge in [0.1, 0.15) is 5.75 Å². The maximum Gasteiger partial charge on any atom is 0.308 e. The lowest BCUT2D eigenvalue weighted by Gasteiger charge is -2.36. The third-order valence-electron chi connectivity index (χ3n) is 4.03. The zero-order valence-corrected chi connectivity index (χ0v) is 13.0. The lowest BCUT2D eigenvalue weighted by molar-refractivity contribution is -0.387. The Hall–Kier alpha value is -2.71. The van der Waals surface area contributed by atoms with Gasteiger partial charge in [-0.3, -0.25) is 19.7 Å². The summed E-state index contributed by atoms with van der Waals surface area (Å²) in [5.41, 5.74) is -0.678. The van der Waals surface area contributed by atoms with Crippen LogP contribution in [0.4, 0.5) is 10.1 Å². The average Bonchev–Trinajstić information content (AvgIpc) is 2.52. The van der Waals surface area contributed by atoms with E-state index >= 15 is 0 Å². The molecule has 1 amide bonds. The molecule has 1 aliphatic heterocycles. The maximum absolute atomic E-state index is 13.5. The van der Waals surface area contributed by atoms with Gasteiger partial charge in [0, 0.05) is 24.7 Å². The van der Waals surface area contributed by atoms with Crippen molar-refractivity contribution >= 4 is 17.6 Å². The number of amides is 1. The number of nitrogens with zero attached hydrogens (tertiary/aromatic N) is 2. The highest BCUT2D eigenvalue weighted by Crippen LogP contribution is 2.24. The van der Waals surface area contributed by atoms with Crippen molar-refractivity contribution in [2.75, 3.05) is 13.2 Å². The van der Waals surface area contributed by atoms with Gasteiger partial charge >= 0.3 is 11.7 Å². The smallest absolute Gasteiger partial charge is 0.308 e. The second-order valence-corrected chi connectivity index (χ2v) is 5.67. The number of halogens is 1. The van der Waals surface area contributed by atoms with Crippen LogP contribution in [-0.4, -0.2) is 46.0 Å². The van der Waals surface area contributed by atoms with E-state index in [1.54, 1.807) is 0 Å². The molecule has 1 fully saturated rings. The van der Waals surface area contributed by atoms with E-state index in [0.717, 1.165) is 12.1 Å². The van der Waals surface area contributed by atoms with Crippen molar-refractivity contribution in [2.45, 2.75) is 25.8 Å². The van der Waals surface area contributed by atoms with Gasteiger partial charge < -0.3 is 14.7 Å². The molecule has 0 saturated carbocycles. The summed E-state index contributed by atoms with van der Waals surface area (Å²) in [4.78, 5) is 34.4. The fourth-order valence-electron chi connectivity index (χ4n) is 2.61. The molecule has 0 bridgehead atoms. The number of likely N-dealkylation sites (tertiary alicyclic amines) is 1. The Morgan fingerprint density at radius 1 is 1.46 bits per heavy atom. The zero-order chi connectivity index (χ0) is 17.9. The molecule has 1 aromatic rings. The number of aliphatic carboxylic acids is 1. The Bertz CT molecular complexity index is 665. The van der Waals surface area contributed by atoms with Gasteiger partial charge in [-0.25, -0.2) is 0 Å². The van der Waals surface area contributed by atoms with Crippen molar-refractivity contribution in [1.82, 2.24) is 4.90 Å². The Morgan fingerprint density at radius 2 is 2.17 bits per heavy atom. The quantitative estimate of drug-likeness (QED) is 0.647. The van der Waals surface area contributed by atoms with Crippen molar-refractivity contribution in [3.63, 3.8) is 0 Å². The van der Waals surface area contributed by atoms with Gasteiger partial charge in [0.25, 0.3) is 5.91 Å². The van der Waals surface area contributed by atoms with E-state index in [1.807, 2.05) is 6.92 Å². The highest BCUT2D eigenvalue weighted by atomic mass is 19.1. The molecule has 2 atom stereocenters. The Morgan fingerprint density at radius 3 is 2.75 bits per heavy atom. The summed E-state index contributed by atoms with van der Waals surface area (Å²) >= 11 is 0. The number of carboxylic acids is 1. The van der Waals surface area contributed by atoms with Crippen LogP contribution < -0.4 is 4.74 Å². The van der Waals surface area contributed by atoms with E-state index in [1.165, 1.54) is 11.0 Å². The summed E-state index contributed by atoms with van der Waals surface area (Å²) in [5.74, 6) is -3.03. The highest BCUT2D eigenvalue weighted by Gasteiger charge is 2.32. The molecule has 8 nitrogen and oxygen atoms in total. The second kappa shape index (κ2) is 7.24. The summed E-state index contributed by atoms with van der Waals surface area (Å²) in [5, 5.41) is 19.6. The van der Waals surface area contributed by atoms with Crippen molar-refractivity contribution in [3.8, 4) is 5.75 Å². The summed E-state index contributed by atoms with van der Waals surface area (Å²) in [6.45, 7) is 1.53. The molecular formula is C15H17FN2O6. The summed E-state index contributed by atoms with van der Waals surface area (Å²) < 4.78 is 18.7. The number of nitro groups is 1. The number of hydrogen-bond donors (Lipinski definition) is 1. The van der Waals surface area contributed by atoms with Gasteiger partial charge in [-0.05, 0) is 25.8 Å². The number of hydrogen-bond acceptors (Lipinski definition) is 5. The first-order valence-corrected chi connectivity index (χ1v) is 7.38. The summed E-state index contributed by atoms with van der Waals surface area (Å²) in [7, 11) is 0. The first-order valence-electron chi connectivity index (χ1n) is 7.38. The van der Waals surface area contributed by atoms with Crippen LogP contribution in [0.25, 0.3) is 0 Å². The predicted molar refractivity (Wildman–Crippen MR) is 80.1 cm³/mol. The minimum absolute atomic E-state index is 0.00843. The fourth-order valence-corrected chi connectivity index (χ4v) is 2.61. The first-order chi connectivity index (χ1) is 11.3. The molecule has 9 heteroatoms. The van der Waals surface area contributed by atoms with Gasteiger partial charge in [-0.1, -0.05) is 0 Å². The van der Waals surface area contributed by atoms with Crippen molar-refractivity contribution in [1.29, 1.82) is 0 Å². The average molecular weight is 340 g/mol. The Balaban J connectivity index is 1.98. The Labute approximate surface area is 137 Å². The van der Waals surface area contributed by atoms with E-state index in [0.29, 0.717) is 12.8 Å². The van der Waals surface area contributed by atoms with Gasteiger partial charge in [0.15, 0.2) is 6.61 Å². The third kappa shape index (κ3) is 3.98. The SMILES string of the molecule is CC1CCC(C(=O)O)CN1C(=O)COc1ccc([N+](=O)[O-])c(F)c1. The molecule has 24 heavy (non-hydrogen) atoms. The van der Waals surface area contributed by atoms with E-state index in [9.17, 15) is 24.1 Å². The van der Waals surface area contributed by atoms with Crippen LogP contribution in [0.1, 0.15) is 19.8 Å². The molecule has 1 heterocycles. The van der Waals surface area contributed by atoms with Crippen molar-refractivity contribution in [3.05, 3.63) is 34.1 Å². The number of nitro benzene ring substituents is 1. The van der Waals surface area contributed by atoms with E-state index in [4.69, 9.17) is 9.84 Å². The lowest BCUT2D eigenvalue weighted by atomic mass is 9.93. The molecule has 1 saturated heterocycles. The minimum atomic E-state index is -1.05. The molecule has 130 valence electrons. The summed E-state index contributed by atoms with van der Waals surface area (Å²) in [6.07, 6.45) is 1.09. The number of carbonyl (C=O) groups is 2. The topological polar surface area (TPSA) is 110 Å². The molecule has 1 N–H and O–H groups in total. The molecule has 2 unspecified atom stereocenters. The fraction of sp³-hybridized carbons (Fsp3) is 0.467. The molecule has 0 spiro atoms. The van der Waals surface area contributed by atoms with Crippen LogP contribution in [0.2, 0.25) is 0 Å². The lowest BCUT2D eigenvalue weighted by Crippen LogP contribution is -2.49. The van der Waals surface area contributed by atoms with Crippen molar-refractivity contribution < 1.29 is 28.7 Å². The number of ether oxygens (including phenoxy) is 1. The molecule has 0 aliphatic carbocycles. The van der Waals surface area contributed by atoms with Crippen LogP contribution in [0.3, 0.4) is 0 Å². The molecule has 0 radical (unpaired) electrons. The van der Waals surface area contributed by atoms with Crippen LogP contribution in [0.5, 0.6) is 5.75 Å². The van der Waals surface area contributed by atoms with Gasteiger partial charge in [0.05, 0.1) is 10.8 Å². The van der Waals surface area contributed by atoms with Gasteiger partial charge in [-0.15, -0.1) is 0 Å². The number of carboxylic acid groups (broad SMARTS) is 1. The Kier molecular flexibility index (Phi) is 5.32. The van der Waals surface area contributed by atoms with Crippen LogP contribution >= 0.6 is 0 Å². The molecule has 1 aliphatic rings. The van der Waals surface area contributed by atoms with Crippen molar-refractivity contribution in [2.24, 2.45) is 5.92 Å². The monoisotopic (exact) mass is 340 g/mol. The summed E-state index contributed by atoms with van der Waals surface area (Å²) in [6, 6.07) is 2.89. The number of benzene rings is 1. The van der Waals surface area contributed by atoms with Gasteiger partial charge in [0.2, 0.25) is 5.82 Å². The second-order valence-electron chi connectivity index (χ2n) is 5.67. The maximum atomic E-state index is 13.5.